The Kier molecular flexibility index (Phi) is 8.30. The summed E-state index contributed by atoms with van der Waals surface area (Å²) >= 11 is 0. The quantitative estimate of drug-likeness (QED) is 0.304. The van der Waals surface area contributed by atoms with Crippen molar-refractivity contribution in [2.45, 2.75) is 65.6 Å². The highest BCUT2D eigenvalue weighted by atomic mass is 16.5. The molecule has 0 amide bonds. The zero-order valence-electron chi connectivity index (χ0n) is 22.5. The van der Waals surface area contributed by atoms with Gasteiger partial charge in [-0.3, -0.25) is 4.90 Å². The summed E-state index contributed by atoms with van der Waals surface area (Å²) in [6, 6.07) is 23.5. The summed E-state index contributed by atoms with van der Waals surface area (Å²) < 4.78 is 6.30. The van der Waals surface area contributed by atoms with Crippen LogP contribution in [0.4, 0.5) is 0 Å². The summed E-state index contributed by atoms with van der Waals surface area (Å²) in [4.78, 5) is 4.83. The fourth-order valence-corrected chi connectivity index (χ4v) is 5.58. The third-order valence-corrected chi connectivity index (χ3v) is 7.62. The number of nitrogens with zero attached hydrogens (tertiary/aromatic N) is 2. The van der Waals surface area contributed by atoms with Gasteiger partial charge >= 0.3 is 0 Å². The molecule has 0 spiro atoms. The van der Waals surface area contributed by atoms with Crippen LogP contribution in [0.1, 0.15) is 49.8 Å². The Morgan fingerprint density at radius 3 is 2.06 bits per heavy atom. The molecular weight excluding hydrogens is 428 g/mol. The molecule has 0 aliphatic carbocycles. The maximum absolute atomic E-state index is 6.30. The average Bonchev–Trinajstić information content (AvgIpc) is 3.15. The first-order valence-corrected chi connectivity index (χ1v) is 13.2. The van der Waals surface area contributed by atoms with Crippen molar-refractivity contribution >= 4 is 0 Å². The van der Waals surface area contributed by atoms with E-state index in [1.165, 1.54) is 51.8 Å². The average molecular weight is 471 g/mol. The van der Waals surface area contributed by atoms with Crippen molar-refractivity contribution < 1.29 is 4.74 Å². The van der Waals surface area contributed by atoms with E-state index in [-0.39, 0.29) is 0 Å². The van der Waals surface area contributed by atoms with Gasteiger partial charge in [0, 0.05) is 25.2 Å². The highest BCUT2D eigenvalue weighted by molar-refractivity contribution is 5.80. The monoisotopic (exact) mass is 470 g/mol. The van der Waals surface area contributed by atoms with Gasteiger partial charge in [-0.1, -0.05) is 54.6 Å². The molecule has 1 heterocycles. The van der Waals surface area contributed by atoms with Crippen LogP contribution in [0, 0.1) is 13.8 Å². The van der Waals surface area contributed by atoms with Crippen molar-refractivity contribution in [2.75, 3.05) is 27.2 Å². The van der Waals surface area contributed by atoms with Gasteiger partial charge < -0.3 is 9.64 Å². The first-order valence-electron chi connectivity index (χ1n) is 13.2. The van der Waals surface area contributed by atoms with Crippen LogP contribution in [0.5, 0.6) is 5.75 Å². The van der Waals surface area contributed by atoms with Gasteiger partial charge in [0.05, 0.1) is 6.61 Å². The molecule has 1 aliphatic heterocycles. The third kappa shape index (κ3) is 5.97. The van der Waals surface area contributed by atoms with E-state index in [0.29, 0.717) is 12.1 Å². The largest absolute Gasteiger partial charge is 0.493 e. The van der Waals surface area contributed by atoms with E-state index >= 15 is 0 Å². The Labute approximate surface area is 212 Å². The summed E-state index contributed by atoms with van der Waals surface area (Å²) in [5.41, 5.74) is 8.96. The molecule has 4 rings (SSSR count). The van der Waals surface area contributed by atoms with E-state index in [1.54, 1.807) is 0 Å². The number of hydrogen-bond donors (Lipinski definition) is 0. The fourth-order valence-electron chi connectivity index (χ4n) is 5.58. The molecule has 2 atom stereocenters. The standard InChI is InChI=1S/C32H42N2O/c1-23-14-15-24(2)34(23)20-9-21-35-32-13-8-12-31(26(32)4)30-11-7-10-29(25(30)3)28-18-16-27(17-19-28)22-33(5)6/h7-8,10-13,16-19,23-24H,9,14-15,20-22H2,1-6H3/t23-,24-/m1/s1. The van der Waals surface area contributed by atoms with Crippen molar-refractivity contribution in [2.24, 2.45) is 0 Å². The lowest BCUT2D eigenvalue weighted by molar-refractivity contribution is 0.191. The Morgan fingerprint density at radius 2 is 1.40 bits per heavy atom. The van der Waals surface area contributed by atoms with E-state index in [9.17, 15) is 0 Å². The number of likely N-dealkylation sites (tertiary alicyclic amines) is 1. The lowest BCUT2D eigenvalue weighted by Crippen LogP contribution is -2.34. The zero-order chi connectivity index (χ0) is 24.9. The van der Waals surface area contributed by atoms with Gasteiger partial charge in [-0.2, -0.15) is 0 Å². The fraction of sp³-hybridized carbons (Fsp3) is 0.438. The van der Waals surface area contributed by atoms with Crippen molar-refractivity contribution in [3.8, 4) is 28.0 Å². The van der Waals surface area contributed by atoms with Crippen LogP contribution in [0.15, 0.2) is 60.7 Å². The van der Waals surface area contributed by atoms with Crippen LogP contribution in [0.25, 0.3) is 22.3 Å². The molecule has 0 aromatic heterocycles. The SMILES string of the molecule is Cc1c(OCCCN2[C@H](C)CC[C@H]2C)cccc1-c1cccc(-c2ccc(CN(C)C)cc2)c1C. The van der Waals surface area contributed by atoms with Crippen LogP contribution in [-0.2, 0) is 6.54 Å². The second-order valence-electron chi connectivity index (χ2n) is 10.6. The minimum atomic E-state index is 0.703. The van der Waals surface area contributed by atoms with E-state index < -0.39 is 0 Å². The molecule has 3 aromatic carbocycles. The van der Waals surface area contributed by atoms with Crippen molar-refractivity contribution in [3.63, 3.8) is 0 Å². The Balaban J connectivity index is 1.49. The Morgan fingerprint density at radius 1 is 0.800 bits per heavy atom. The maximum Gasteiger partial charge on any atom is 0.122 e. The van der Waals surface area contributed by atoms with E-state index in [1.807, 2.05) is 0 Å². The smallest absolute Gasteiger partial charge is 0.122 e. The van der Waals surface area contributed by atoms with Crippen molar-refractivity contribution in [1.82, 2.24) is 9.80 Å². The second kappa shape index (κ2) is 11.4. The Hall–Kier alpha value is -2.62. The molecule has 1 aliphatic rings. The summed E-state index contributed by atoms with van der Waals surface area (Å²) in [5, 5.41) is 0. The molecule has 0 unspecified atom stereocenters. The molecule has 0 N–H and O–H groups in total. The molecule has 0 bridgehead atoms. The van der Waals surface area contributed by atoms with Crippen LogP contribution in [-0.4, -0.2) is 49.1 Å². The molecule has 1 saturated heterocycles. The lowest BCUT2D eigenvalue weighted by atomic mass is 9.90. The van der Waals surface area contributed by atoms with Gasteiger partial charge in [0.25, 0.3) is 0 Å². The number of benzene rings is 3. The zero-order valence-corrected chi connectivity index (χ0v) is 22.5. The van der Waals surface area contributed by atoms with Gasteiger partial charge in [-0.05, 0) is 106 Å². The highest BCUT2D eigenvalue weighted by Crippen LogP contribution is 2.36. The summed E-state index contributed by atoms with van der Waals surface area (Å²) in [6.07, 6.45) is 3.71. The van der Waals surface area contributed by atoms with E-state index in [0.717, 1.165) is 31.9 Å². The van der Waals surface area contributed by atoms with Gasteiger partial charge in [-0.25, -0.2) is 0 Å². The normalized spacial score (nSPS) is 18.4. The van der Waals surface area contributed by atoms with Crippen LogP contribution < -0.4 is 4.74 Å². The minimum Gasteiger partial charge on any atom is -0.493 e. The summed E-state index contributed by atoms with van der Waals surface area (Å²) in [6.45, 7) is 12.0. The topological polar surface area (TPSA) is 15.7 Å². The maximum atomic E-state index is 6.30. The molecule has 0 radical (unpaired) electrons. The molecule has 1 fully saturated rings. The molecule has 3 heteroatoms. The number of ether oxygens (including phenoxy) is 1. The van der Waals surface area contributed by atoms with Crippen molar-refractivity contribution in [1.29, 1.82) is 0 Å². The van der Waals surface area contributed by atoms with Crippen LogP contribution in [0.2, 0.25) is 0 Å². The molecule has 186 valence electrons. The van der Waals surface area contributed by atoms with Crippen LogP contribution in [0.3, 0.4) is 0 Å². The molecule has 3 nitrogen and oxygen atoms in total. The van der Waals surface area contributed by atoms with E-state index in [2.05, 4.69) is 112 Å². The second-order valence-corrected chi connectivity index (χ2v) is 10.6. The summed E-state index contributed by atoms with van der Waals surface area (Å²) in [5.74, 6) is 1.00. The number of hydrogen-bond acceptors (Lipinski definition) is 3. The van der Waals surface area contributed by atoms with Gasteiger partial charge in [-0.15, -0.1) is 0 Å². The molecule has 35 heavy (non-hydrogen) atoms. The first kappa shape index (κ1) is 25.5. The summed E-state index contributed by atoms with van der Waals surface area (Å²) in [7, 11) is 4.21. The number of rotatable bonds is 9. The minimum absolute atomic E-state index is 0.703. The van der Waals surface area contributed by atoms with Crippen molar-refractivity contribution in [3.05, 3.63) is 77.4 Å². The van der Waals surface area contributed by atoms with Gasteiger partial charge in [0.15, 0.2) is 0 Å². The van der Waals surface area contributed by atoms with Crippen LogP contribution >= 0.6 is 0 Å². The molecule has 0 saturated carbocycles. The van der Waals surface area contributed by atoms with E-state index in [4.69, 9.17) is 4.74 Å². The first-order chi connectivity index (χ1) is 16.8. The van der Waals surface area contributed by atoms with Gasteiger partial charge in [0.2, 0.25) is 0 Å². The Bertz CT molecular complexity index is 1110. The van der Waals surface area contributed by atoms with Gasteiger partial charge in [0.1, 0.15) is 5.75 Å². The molecule has 3 aromatic rings. The predicted molar refractivity (Wildman–Crippen MR) is 149 cm³/mol. The molecular formula is C32H42N2O. The predicted octanol–water partition coefficient (Wildman–Crippen LogP) is 7.34. The lowest BCUT2D eigenvalue weighted by Gasteiger charge is -2.25. The highest BCUT2D eigenvalue weighted by Gasteiger charge is 2.26. The third-order valence-electron chi connectivity index (χ3n) is 7.62.